The molecule has 1 heterocycles. The van der Waals surface area contributed by atoms with E-state index in [1.165, 1.54) is 0 Å². The van der Waals surface area contributed by atoms with Crippen LogP contribution in [0.25, 0.3) is 0 Å². The first kappa shape index (κ1) is 14.7. The fourth-order valence-electron chi connectivity index (χ4n) is 1.82. The van der Waals surface area contributed by atoms with E-state index < -0.39 is 0 Å². The fourth-order valence-corrected chi connectivity index (χ4v) is 2.04. The van der Waals surface area contributed by atoms with E-state index in [9.17, 15) is 0 Å². The van der Waals surface area contributed by atoms with Crippen molar-refractivity contribution >= 4 is 21.7 Å². The summed E-state index contributed by atoms with van der Waals surface area (Å²) < 4.78 is 11.5. The topological polar surface area (TPSA) is 43.4 Å². The molecule has 0 unspecified atom stereocenters. The molecular formula is C15H17BrN2O2. The number of benzene rings is 1. The summed E-state index contributed by atoms with van der Waals surface area (Å²) in [7, 11) is 3.26. The number of aryl methyl sites for hydroxylation is 1. The van der Waals surface area contributed by atoms with Gasteiger partial charge in [0, 0.05) is 17.2 Å². The molecule has 2 aromatic rings. The number of methoxy groups -OCH3 is 2. The molecule has 0 aliphatic rings. The molecular weight excluding hydrogens is 320 g/mol. The van der Waals surface area contributed by atoms with Crippen LogP contribution >= 0.6 is 15.9 Å². The molecule has 0 aliphatic carbocycles. The number of aromatic nitrogens is 1. The van der Waals surface area contributed by atoms with Gasteiger partial charge in [-0.25, -0.2) is 4.98 Å². The number of nitrogens with one attached hydrogen (secondary N) is 1. The van der Waals surface area contributed by atoms with Gasteiger partial charge in [-0.3, -0.25) is 0 Å². The zero-order valence-electron chi connectivity index (χ0n) is 11.7. The highest BCUT2D eigenvalue weighted by molar-refractivity contribution is 9.10. The Morgan fingerprint density at radius 1 is 1.15 bits per heavy atom. The lowest BCUT2D eigenvalue weighted by Gasteiger charge is -2.11. The summed E-state index contributed by atoms with van der Waals surface area (Å²) in [6, 6.07) is 7.86. The Kier molecular flexibility index (Phi) is 4.84. The second kappa shape index (κ2) is 6.61. The lowest BCUT2D eigenvalue weighted by atomic mass is 10.2. The largest absolute Gasteiger partial charge is 0.493 e. The predicted octanol–water partition coefficient (Wildman–Crippen LogP) is 3.78. The van der Waals surface area contributed by atoms with Gasteiger partial charge in [-0.2, -0.15) is 0 Å². The first-order valence-electron chi connectivity index (χ1n) is 6.21. The van der Waals surface area contributed by atoms with Crippen LogP contribution in [-0.2, 0) is 6.54 Å². The standard InChI is InChI=1S/C15H17BrN2O2/c1-10-6-15(18-9-12(10)16)17-8-11-4-5-13(19-2)14(7-11)20-3/h4-7,9H,8H2,1-3H3,(H,17,18). The number of hydrogen-bond acceptors (Lipinski definition) is 4. The van der Waals surface area contributed by atoms with Crippen LogP contribution in [0.15, 0.2) is 34.9 Å². The van der Waals surface area contributed by atoms with Crippen molar-refractivity contribution in [2.75, 3.05) is 19.5 Å². The Balaban J connectivity index is 2.08. The molecule has 0 bridgehead atoms. The third-order valence-electron chi connectivity index (χ3n) is 2.97. The maximum Gasteiger partial charge on any atom is 0.161 e. The second-order valence-electron chi connectivity index (χ2n) is 4.36. The maximum absolute atomic E-state index is 5.29. The molecule has 5 heteroatoms. The number of pyridine rings is 1. The van der Waals surface area contributed by atoms with Crippen molar-refractivity contribution in [3.63, 3.8) is 0 Å². The molecule has 106 valence electrons. The fraction of sp³-hybridized carbons (Fsp3) is 0.267. The van der Waals surface area contributed by atoms with E-state index in [2.05, 4.69) is 26.2 Å². The van der Waals surface area contributed by atoms with Crippen molar-refractivity contribution in [1.82, 2.24) is 4.98 Å². The van der Waals surface area contributed by atoms with E-state index in [1.54, 1.807) is 20.4 Å². The molecule has 0 aliphatic heterocycles. The van der Waals surface area contributed by atoms with E-state index in [4.69, 9.17) is 9.47 Å². The van der Waals surface area contributed by atoms with Crippen molar-refractivity contribution < 1.29 is 9.47 Å². The molecule has 0 radical (unpaired) electrons. The Morgan fingerprint density at radius 2 is 1.90 bits per heavy atom. The molecule has 1 N–H and O–H groups in total. The quantitative estimate of drug-likeness (QED) is 0.902. The number of anilines is 1. The highest BCUT2D eigenvalue weighted by Gasteiger charge is 2.05. The van der Waals surface area contributed by atoms with Gasteiger partial charge in [0.15, 0.2) is 11.5 Å². The van der Waals surface area contributed by atoms with E-state index >= 15 is 0 Å². The molecule has 0 fully saturated rings. The van der Waals surface area contributed by atoms with Gasteiger partial charge in [-0.15, -0.1) is 0 Å². The summed E-state index contributed by atoms with van der Waals surface area (Å²) in [6.45, 7) is 2.71. The van der Waals surface area contributed by atoms with Gasteiger partial charge in [-0.1, -0.05) is 6.07 Å². The molecule has 2 rings (SSSR count). The third kappa shape index (κ3) is 3.42. The molecule has 0 spiro atoms. The Labute approximate surface area is 127 Å². The SMILES string of the molecule is COc1ccc(CNc2cc(C)c(Br)cn2)cc1OC. The van der Waals surface area contributed by atoms with Gasteiger partial charge in [0.1, 0.15) is 5.82 Å². The van der Waals surface area contributed by atoms with Gasteiger partial charge < -0.3 is 14.8 Å². The predicted molar refractivity (Wildman–Crippen MR) is 83.5 cm³/mol. The zero-order chi connectivity index (χ0) is 14.5. The van der Waals surface area contributed by atoms with Crippen LogP contribution in [0.2, 0.25) is 0 Å². The zero-order valence-corrected chi connectivity index (χ0v) is 13.3. The lowest BCUT2D eigenvalue weighted by Crippen LogP contribution is -2.02. The minimum absolute atomic E-state index is 0.675. The lowest BCUT2D eigenvalue weighted by molar-refractivity contribution is 0.354. The monoisotopic (exact) mass is 336 g/mol. The van der Waals surface area contributed by atoms with E-state index in [0.717, 1.165) is 32.9 Å². The van der Waals surface area contributed by atoms with Gasteiger partial charge in [0.05, 0.1) is 14.2 Å². The molecule has 0 atom stereocenters. The van der Waals surface area contributed by atoms with Crippen molar-refractivity contribution in [1.29, 1.82) is 0 Å². The van der Waals surface area contributed by atoms with Crippen LogP contribution < -0.4 is 14.8 Å². The maximum atomic E-state index is 5.29. The molecule has 20 heavy (non-hydrogen) atoms. The van der Waals surface area contributed by atoms with Crippen LogP contribution in [0, 0.1) is 6.92 Å². The number of rotatable bonds is 5. The molecule has 1 aromatic carbocycles. The highest BCUT2D eigenvalue weighted by atomic mass is 79.9. The van der Waals surface area contributed by atoms with Gasteiger partial charge in [-0.05, 0) is 52.2 Å². The van der Waals surface area contributed by atoms with Crippen molar-refractivity contribution in [3.8, 4) is 11.5 Å². The number of halogens is 1. The van der Waals surface area contributed by atoms with Gasteiger partial charge >= 0.3 is 0 Å². The van der Waals surface area contributed by atoms with E-state index in [1.807, 2.05) is 31.2 Å². The summed E-state index contributed by atoms with van der Waals surface area (Å²) in [5.74, 6) is 2.31. The van der Waals surface area contributed by atoms with E-state index in [-0.39, 0.29) is 0 Å². The molecule has 4 nitrogen and oxygen atoms in total. The van der Waals surface area contributed by atoms with Crippen LogP contribution in [0.5, 0.6) is 11.5 Å². The Hall–Kier alpha value is -1.75. The Morgan fingerprint density at radius 3 is 2.55 bits per heavy atom. The second-order valence-corrected chi connectivity index (χ2v) is 5.22. The minimum Gasteiger partial charge on any atom is -0.493 e. The number of nitrogens with zero attached hydrogens (tertiary/aromatic N) is 1. The van der Waals surface area contributed by atoms with Crippen LogP contribution in [0.3, 0.4) is 0 Å². The third-order valence-corrected chi connectivity index (χ3v) is 3.80. The van der Waals surface area contributed by atoms with Gasteiger partial charge in [0.2, 0.25) is 0 Å². The van der Waals surface area contributed by atoms with E-state index in [0.29, 0.717) is 6.54 Å². The molecule has 0 saturated heterocycles. The average Bonchev–Trinajstić information content (AvgIpc) is 2.48. The summed E-state index contributed by atoms with van der Waals surface area (Å²) in [6.07, 6.45) is 1.80. The molecule has 1 aromatic heterocycles. The first-order chi connectivity index (χ1) is 9.63. The van der Waals surface area contributed by atoms with Crippen LogP contribution in [0.1, 0.15) is 11.1 Å². The Bertz CT molecular complexity index is 602. The van der Waals surface area contributed by atoms with Crippen molar-refractivity contribution in [3.05, 3.63) is 46.1 Å². The molecule has 0 amide bonds. The number of ether oxygens (including phenoxy) is 2. The summed E-state index contributed by atoms with van der Waals surface area (Å²) >= 11 is 3.44. The smallest absolute Gasteiger partial charge is 0.161 e. The first-order valence-corrected chi connectivity index (χ1v) is 7.00. The summed E-state index contributed by atoms with van der Waals surface area (Å²) in [5, 5.41) is 3.29. The van der Waals surface area contributed by atoms with Crippen molar-refractivity contribution in [2.24, 2.45) is 0 Å². The van der Waals surface area contributed by atoms with Crippen LogP contribution in [-0.4, -0.2) is 19.2 Å². The summed E-state index contributed by atoms with van der Waals surface area (Å²) in [5.41, 5.74) is 2.25. The molecule has 0 saturated carbocycles. The van der Waals surface area contributed by atoms with Gasteiger partial charge in [0.25, 0.3) is 0 Å². The summed E-state index contributed by atoms with van der Waals surface area (Å²) in [4.78, 5) is 4.32. The highest BCUT2D eigenvalue weighted by Crippen LogP contribution is 2.27. The average molecular weight is 337 g/mol. The number of hydrogen-bond donors (Lipinski definition) is 1. The normalized spacial score (nSPS) is 10.2. The van der Waals surface area contributed by atoms with Crippen LogP contribution in [0.4, 0.5) is 5.82 Å². The van der Waals surface area contributed by atoms with Crippen molar-refractivity contribution in [2.45, 2.75) is 13.5 Å². The minimum atomic E-state index is 0.675.